The standard InChI is InChI=1S/C25H22O4PSe2/c1-28-23(26)21-22(24(27)29-2)32-25(31-21)30(18-12-6-3-7-13-18,19-14-8-4-9-15-19)20-16-10-5-11-17-20/h3-17,25H,1-2H3/q+1. The van der Waals surface area contributed by atoms with Crippen molar-refractivity contribution in [2.45, 2.75) is 3.46 Å². The number of carbonyl (C=O) groups is 2. The van der Waals surface area contributed by atoms with E-state index in [-0.39, 0.29) is 33.4 Å². The fourth-order valence-electron chi connectivity index (χ4n) is 3.76. The third-order valence-corrected chi connectivity index (χ3v) is 20.4. The van der Waals surface area contributed by atoms with E-state index in [0.29, 0.717) is 8.94 Å². The first kappa shape index (κ1) is 23.0. The predicted molar refractivity (Wildman–Crippen MR) is 132 cm³/mol. The van der Waals surface area contributed by atoms with Gasteiger partial charge < -0.3 is 0 Å². The molecule has 4 nitrogen and oxygen atoms in total. The van der Waals surface area contributed by atoms with Gasteiger partial charge in [0.2, 0.25) is 0 Å². The van der Waals surface area contributed by atoms with Crippen molar-refractivity contribution in [2.24, 2.45) is 0 Å². The second-order valence-corrected chi connectivity index (χ2v) is 18.2. The molecule has 0 bridgehead atoms. The minimum absolute atomic E-state index is 0.151. The van der Waals surface area contributed by atoms with E-state index >= 15 is 0 Å². The first-order valence-corrected chi connectivity index (χ1v) is 15.5. The molecule has 0 unspecified atom stereocenters. The summed E-state index contributed by atoms with van der Waals surface area (Å²) >= 11 is -0.488. The third kappa shape index (κ3) is 4.10. The van der Waals surface area contributed by atoms with Crippen LogP contribution in [0.1, 0.15) is 0 Å². The van der Waals surface area contributed by atoms with E-state index in [1.165, 1.54) is 30.1 Å². The Bertz CT molecular complexity index is 1010. The van der Waals surface area contributed by atoms with Crippen molar-refractivity contribution in [2.75, 3.05) is 14.2 Å². The molecular weight excluding hydrogens is 553 g/mol. The van der Waals surface area contributed by atoms with E-state index in [0.717, 1.165) is 0 Å². The van der Waals surface area contributed by atoms with Crippen LogP contribution in [0.25, 0.3) is 0 Å². The molecule has 0 atom stereocenters. The van der Waals surface area contributed by atoms with Gasteiger partial charge in [-0.2, -0.15) is 0 Å². The van der Waals surface area contributed by atoms with E-state index in [2.05, 4.69) is 72.8 Å². The Hall–Kier alpha value is -2.19. The fourth-order valence-corrected chi connectivity index (χ4v) is 21.5. The Morgan fingerprint density at radius 3 is 1.22 bits per heavy atom. The molecule has 0 saturated carbocycles. The van der Waals surface area contributed by atoms with Gasteiger partial charge >= 0.3 is 202 Å². The zero-order valence-electron chi connectivity index (χ0n) is 17.6. The van der Waals surface area contributed by atoms with E-state index in [1.807, 2.05) is 18.2 Å². The molecule has 32 heavy (non-hydrogen) atoms. The Balaban J connectivity index is 1.97. The van der Waals surface area contributed by atoms with Crippen LogP contribution in [-0.2, 0) is 19.1 Å². The van der Waals surface area contributed by atoms with Crippen LogP contribution in [-0.4, -0.2) is 59.5 Å². The van der Waals surface area contributed by atoms with Gasteiger partial charge in [-0.3, -0.25) is 0 Å². The Morgan fingerprint density at radius 2 is 0.938 bits per heavy atom. The molecule has 0 spiro atoms. The summed E-state index contributed by atoms with van der Waals surface area (Å²) in [4.78, 5) is 25.4. The number of methoxy groups -OCH3 is 2. The average Bonchev–Trinajstić information content (AvgIpc) is 3.31. The second kappa shape index (κ2) is 10.2. The van der Waals surface area contributed by atoms with Crippen LogP contribution in [0, 0.1) is 0 Å². The van der Waals surface area contributed by atoms with Crippen LogP contribution in [0.5, 0.6) is 0 Å². The topological polar surface area (TPSA) is 52.6 Å². The summed E-state index contributed by atoms with van der Waals surface area (Å²) in [5.41, 5.74) is 0. The van der Waals surface area contributed by atoms with Gasteiger partial charge in [0.05, 0.1) is 0 Å². The van der Waals surface area contributed by atoms with Crippen LogP contribution in [0.15, 0.2) is 99.9 Å². The summed E-state index contributed by atoms with van der Waals surface area (Å²) in [6.07, 6.45) is 0. The second-order valence-electron chi connectivity index (χ2n) is 6.91. The van der Waals surface area contributed by atoms with E-state index in [4.69, 9.17) is 9.47 Å². The Kier molecular flexibility index (Phi) is 7.30. The molecule has 1 aliphatic heterocycles. The molecule has 0 aliphatic carbocycles. The van der Waals surface area contributed by atoms with Crippen molar-refractivity contribution in [3.63, 3.8) is 0 Å². The first-order valence-electron chi connectivity index (χ1n) is 9.92. The van der Waals surface area contributed by atoms with Gasteiger partial charge in [-0.15, -0.1) is 0 Å². The van der Waals surface area contributed by atoms with Crippen molar-refractivity contribution in [3.05, 3.63) is 99.9 Å². The van der Waals surface area contributed by atoms with Crippen LogP contribution < -0.4 is 15.9 Å². The SMILES string of the molecule is COC(=O)C1=C(C(=O)OC)[Se]C([P+](c2ccccc2)(c2ccccc2)c2ccccc2)[Se]1. The Morgan fingerprint density at radius 1 is 0.625 bits per heavy atom. The van der Waals surface area contributed by atoms with Crippen molar-refractivity contribution in [1.29, 1.82) is 0 Å². The molecule has 0 aromatic heterocycles. The number of benzene rings is 3. The van der Waals surface area contributed by atoms with Gasteiger partial charge in [0.15, 0.2) is 0 Å². The molecule has 0 fully saturated rings. The monoisotopic (exact) mass is 577 g/mol. The number of rotatable bonds is 6. The van der Waals surface area contributed by atoms with Gasteiger partial charge in [0.1, 0.15) is 0 Å². The van der Waals surface area contributed by atoms with Crippen molar-refractivity contribution in [3.8, 4) is 0 Å². The van der Waals surface area contributed by atoms with E-state index in [9.17, 15) is 9.59 Å². The number of hydrogen-bond acceptors (Lipinski definition) is 4. The molecule has 0 N–H and O–H groups in total. The van der Waals surface area contributed by atoms with Gasteiger partial charge in [-0.1, -0.05) is 0 Å². The molecule has 4 rings (SSSR count). The maximum absolute atomic E-state index is 12.7. The molecule has 3 aromatic carbocycles. The summed E-state index contributed by atoms with van der Waals surface area (Å²) in [5, 5.41) is 3.75. The van der Waals surface area contributed by atoms with Crippen molar-refractivity contribution in [1.82, 2.24) is 0 Å². The summed E-state index contributed by atoms with van der Waals surface area (Å²) in [6.45, 7) is 0. The minimum atomic E-state index is -2.18. The number of hydrogen-bond donors (Lipinski definition) is 0. The molecular formula is C25H22O4PSe2+. The van der Waals surface area contributed by atoms with Gasteiger partial charge in [-0.25, -0.2) is 0 Å². The summed E-state index contributed by atoms with van der Waals surface area (Å²) in [7, 11) is 0.562. The number of esters is 2. The molecule has 3 aromatic rings. The van der Waals surface area contributed by atoms with Crippen LogP contribution in [0.3, 0.4) is 0 Å². The van der Waals surface area contributed by atoms with Gasteiger partial charge in [-0.05, 0) is 0 Å². The summed E-state index contributed by atoms with van der Waals surface area (Å²) in [5.74, 6) is -0.830. The third-order valence-electron chi connectivity index (χ3n) is 5.19. The molecule has 1 aliphatic rings. The van der Waals surface area contributed by atoms with Crippen LogP contribution >= 0.6 is 7.26 Å². The summed E-state index contributed by atoms with van der Waals surface area (Å²) < 4.78 is 11.3. The molecule has 7 heteroatoms. The van der Waals surface area contributed by atoms with Crippen molar-refractivity contribution >= 4 is 65.0 Å². The van der Waals surface area contributed by atoms with Gasteiger partial charge in [0.25, 0.3) is 0 Å². The van der Waals surface area contributed by atoms with Crippen LogP contribution in [0.4, 0.5) is 0 Å². The molecule has 162 valence electrons. The van der Waals surface area contributed by atoms with E-state index < -0.39 is 19.2 Å². The quantitative estimate of drug-likeness (QED) is 0.257. The number of ether oxygens (including phenoxy) is 2. The van der Waals surface area contributed by atoms with E-state index in [1.54, 1.807) is 0 Å². The maximum atomic E-state index is 12.7. The normalized spacial score (nSPS) is 14.3. The molecule has 0 amide bonds. The van der Waals surface area contributed by atoms with Gasteiger partial charge in [0, 0.05) is 0 Å². The predicted octanol–water partition coefficient (Wildman–Crippen LogP) is 2.24. The average molecular weight is 575 g/mol. The first-order chi connectivity index (χ1) is 15.6. The zero-order valence-corrected chi connectivity index (χ0v) is 22.0. The number of carbonyl (C=O) groups excluding carboxylic acids is 2. The summed E-state index contributed by atoms with van der Waals surface area (Å²) in [6, 6.07) is 31.6. The molecule has 1 heterocycles. The molecule has 0 radical (unpaired) electrons. The molecule has 0 saturated heterocycles. The fraction of sp³-hybridized carbons (Fsp3) is 0.120. The zero-order chi connectivity index (χ0) is 22.6. The Labute approximate surface area is 201 Å². The van der Waals surface area contributed by atoms with Crippen molar-refractivity contribution < 1.29 is 19.1 Å². The van der Waals surface area contributed by atoms with Crippen LogP contribution in [0.2, 0.25) is 0 Å².